The smallest absolute Gasteiger partial charge is 0.174 e. The van der Waals surface area contributed by atoms with Crippen molar-refractivity contribution >= 4 is 5.69 Å². The summed E-state index contributed by atoms with van der Waals surface area (Å²) in [6, 6.07) is 11.5. The van der Waals surface area contributed by atoms with E-state index in [1.165, 1.54) is 0 Å². The standard InChI is InChI=1S/C13H14N4O/c1-10(13-5-7-15-17-13)16-11-3-2-4-12(9-11)18-8-6-14/h2-5,7,9-10,16H,8H2,1H3,(H,15,17). The number of hydrogen-bond donors (Lipinski definition) is 2. The summed E-state index contributed by atoms with van der Waals surface area (Å²) in [6.07, 6.45) is 1.72. The van der Waals surface area contributed by atoms with Crippen LogP contribution in [-0.4, -0.2) is 16.8 Å². The lowest BCUT2D eigenvalue weighted by Gasteiger charge is -2.14. The van der Waals surface area contributed by atoms with E-state index in [0.29, 0.717) is 5.75 Å². The highest BCUT2D eigenvalue weighted by Crippen LogP contribution is 2.21. The first-order valence-corrected chi connectivity index (χ1v) is 5.65. The normalized spacial score (nSPS) is 11.6. The van der Waals surface area contributed by atoms with Gasteiger partial charge < -0.3 is 10.1 Å². The maximum atomic E-state index is 8.47. The summed E-state index contributed by atoms with van der Waals surface area (Å²) in [5.74, 6) is 0.679. The van der Waals surface area contributed by atoms with Crippen molar-refractivity contribution in [2.75, 3.05) is 11.9 Å². The zero-order valence-electron chi connectivity index (χ0n) is 10.1. The predicted molar refractivity (Wildman–Crippen MR) is 68.2 cm³/mol. The number of anilines is 1. The van der Waals surface area contributed by atoms with Gasteiger partial charge in [-0.1, -0.05) is 6.07 Å². The topological polar surface area (TPSA) is 73.7 Å². The molecular weight excluding hydrogens is 228 g/mol. The molecule has 5 heteroatoms. The van der Waals surface area contributed by atoms with Crippen molar-refractivity contribution in [3.63, 3.8) is 0 Å². The average Bonchev–Trinajstić information content (AvgIpc) is 2.91. The second kappa shape index (κ2) is 5.73. The predicted octanol–water partition coefficient (Wildman–Crippen LogP) is 2.49. The Morgan fingerprint density at radius 3 is 3.11 bits per heavy atom. The van der Waals surface area contributed by atoms with E-state index < -0.39 is 0 Å². The van der Waals surface area contributed by atoms with Gasteiger partial charge in [-0.05, 0) is 25.1 Å². The molecule has 5 nitrogen and oxygen atoms in total. The number of hydrogen-bond acceptors (Lipinski definition) is 4. The first-order valence-electron chi connectivity index (χ1n) is 5.65. The summed E-state index contributed by atoms with van der Waals surface area (Å²) < 4.78 is 5.25. The fraction of sp³-hybridized carbons (Fsp3) is 0.231. The summed E-state index contributed by atoms with van der Waals surface area (Å²) in [5.41, 5.74) is 1.95. The van der Waals surface area contributed by atoms with Gasteiger partial charge in [0.1, 0.15) is 11.8 Å². The molecule has 2 N–H and O–H groups in total. The molecule has 18 heavy (non-hydrogen) atoms. The maximum absolute atomic E-state index is 8.47. The summed E-state index contributed by atoms with van der Waals surface area (Å²) >= 11 is 0. The number of aromatic nitrogens is 2. The Balaban J connectivity index is 2.03. The highest BCUT2D eigenvalue weighted by Gasteiger charge is 2.06. The Morgan fingerprint density at radius 1 is 1.50 bits per heavy atom. The van der Waals surface area contributed by atoms with E-state index in [-0.39, 0.29) is 12.6 Å². The summed E-state index contributed by atoms with van der Waals surface area (Å²) in [6.45, 7) is 2.09. The largest absolute Gasteiger partial charge is 0.479 e. The summed E-state index contributed by atoms with van der Waals surface area (Å²) in [4.78, 5) is 0. The molecule has 2 rings (SSSR count). The van der Waals surface area contributed by atoms with Crippen LogP contribution in [0.4, 0.5) is 5.69 Å². The van der Waals surface area contributed by atoms with Crippen LogP contribution in [-0.2, 0) is 0 Å². The van der Waals surface area contributed by atoms with Gasteiger partial charge in [-0.25, -0.2) is 0 Å². The molecule has 1 heterocycles. The van der Waals surface area contributed by atoms with E-state index in [4.69, 9.17) is 10.00 Å². The van der Waals surface area contributed by atoms with Gasteiger partial charge in [0.05, 0.1) is 11.7 Å². The molecule has 1 aromatic carbocycles. The Bertz CT molecular complexity index is 530. The van der Waals surface area contributed by atoms with Gasteiger partial charge in [0, 0.05) is 18.0 Å². The van der Waals surface area contributed by atoms with Gasteiger partial charge in [-0.3, -0.25) is 5.10 Å². The minimum atomic E-state index is 0.0551. The molecule has 92 valence electrons. The van der Waals surface area contributed by atoms with Crippen LogP contribution < -0.4 is 10.1 Å². The number of ether oxygens (including phenoxy) is 1. The Labute approximate surface area is 105 Å². The second-order valence-electron chi connectivity index (χ2n) is 3.85. The lowest BCUT2D eigenvalue weighted by molar-refractivity contribution is 0.368. The zero-order valence-corrected chi connectivity index (χ0v) is 10.1. The van der Waals surface area contributed by atoms with Gasteiger partial charge in [0.25, 0.3) is 0 Å². The van der Waals surface area contributed by atoms with Crippen molar-refractivity contribution in [2.24, 2.45) is 0 Å². The van der Waals surface area contributed by atoms with E-state index in [9.17, 15) is 0 Å². The van der Waals surface area contributed by atoms with E-state index in [1.807, 2.05) is 43.3 Å². The number of nitrogens with zero attached hydrogens (tertiary/aromatic N) is 2. The van der Waals surface area contributed by atoms with Gasteiger partial charge in [-0.15, -0.1) is 0 Å². The third kappa shape index (κ3) is 3.01. The van der Waals surface area contributed by atoms with Crippen LogP contribution in [0.25, 0.3) is 0 Å². The van der Waals surface area contributed by atoms with Crippen molar-refractivity contribution < 1.29 is 4.74 Å². The van der Waals surface area contributed by atoms with Crippen LogP contribution in [0.1, 0.15) is 18.7 Å². The molecule has 0 fully saturated rings. The van der Waals surface area contributed by atoms with Crippen LogP contribution in [0.15, 0.2) is 36.5 Å². The fourth-order valence-electron chi connectivity index (χ4n) is 1.63. The SMILES string of the molecule is CC(Nc1cccc(OCC#N)c1)c1ccn[nH]1. The lowest BCUT2D eigenvalue weighted by atomic mass is 10.2. The first-order chi connectivity index (χ1) is 8.79. The number of benzene rings is 1. The monoisotopic (exact) mass is 242 g/mol. The molecule has 0 aliphatic rings. The maximum Gasteiger partial charge on any atom is 0.174 e. The van der Waals surface area contributed by atoms with Gasteiger partial charge in [0.15, 0.2) is 6.61 Å². The third-order valence-electron chi connectivity index (χ3n) is 2.51. The molecule has 0 spiro atoms. The second-order valence-corrected chi connectivity index (χ2v) is 3.85. The van der Waals surface area contributed by atoms with Crippen molar-refractivity contribution in [2.45, 2.75) is 13.0 Å². The quantitative estimate of drug-likeness (QED) is 0.844. The van der Waals surface area contributed by atoms with Gasteiger partial charge in [-0.2, -0.15) is 10.4 Å². The molecule has 1 aromatic heterocycles. The van der Waals surface area contributed by atoms with Crippen LogP contribution >= 0.6 is 0 Å². The molecule has 0 amide bonds. The van der Waals surface area contributed by atoms with E-state index in [1.54, 1.807) is 6.20 Å². The highest BCUT2D eigenvalue weighted by molar-refractivity contribution is 5.49. The average molecular weight is 242 g/mol. The van der Waals surface area contributed by atoms with E-state index in [0.717, 1.165) is 11.4 Å². The van der Waals surface area contributed by atoms with Crippen molar-refractivity contribution in [1.82, 2.24) is 10.2 Å². The van der Waals surface area contributed by atoms with Crippen molar-refractivity contribution in [1.29, 1.82) is 5.26 Å². The number of nitriles is 1. The zero-order chi connectivity index (χ0) is 12.8. The lowest BCUT2D eigenvalue weighted by Crippen LogP contribution is -2.07. The van der Waals surface area contributed by atoms with Crippen molar-refractivity contribution in [3.05, 3.63) is 42.2 Å². The molecule has 0 saturated carbocycles. The molecule has 0 saturated heterocycles. The Hall–Kier alpha value is -2.48. The van der Waals surface area contributed by atoms with Crippen LogP contribution in [0, 0.1) is 11.3 Å². The van der Waals surface area contributed by atoms with Crippen molar-refractivity contribution in [3.8, 4) is 11.8 Å². The Morgan fingerprint density at radius 2 is 2.39 bits per heavy atom. The third-order valence-corrected chi connectivity index (χ3v) is 2.51. The summed E-state index contributed by atoms with van der Waals surface area (Å²) in [7, 11) is 0. The number of H-pyrrole nitrogens is 1. The molecule has 0 radical (unpaired) electrons. The molecule has 0 bridgehead atoms. The molecule has 1 unspecified atom stereocenters. The molecule has 0 aliphatic carbocycles. The summed E-state index contributed by atoms with van der Waals surface area (Å²) in [5, 5.41) is 18.6. The highest BCUT2D eigenvalue weighted by atomic mass is 16.5. The van der Waals surface area contributed by atoms with E-state index >= 15 is 0 Å². The number of nitrogens with one attached hydrogen (secondary N) is 2. The Kier molecular flexibility index (Phi) is 3.82. The number of rotatable bonds is 5. The van der Waals surface area contributed by atoms with Crippen LogP contribution in [0.5, 0.6) is 5.75 Å². The van der Waals surface area contributed by atoms with Gasteiger partial charge >= 0.3 is 0 Å². The van der Waals surface area contributed by atoms with Crippen LogP contribution in [0.2, 0.25) is 0 Å². The molecular formula is C13H14N4O. The van der Waals surface area contributed by atoms with E-state index in [2.05, 4.69) is 15.5 Å². The number of aromatic amines is 1. The van der Waals surface area contributed by atoms with Crippen LogP contribution in [0.3, 0.4) is 0 Å². The molecule has 0 aliphatic heterocycles. The molecule has 1 atom stereocenters. The minimum Gasteiger partial charge on any atom is -0.479 e. The molecule has 2 aromatic rings. The minimum absolute atomic E-state index is 0.0551. The first kappa shape index (κ1) is 12.0. The fourth-order valence-corrected chi connectivity index (χ4v) is 1.63. The van der Waals surface area contributed by atoms with Gasteiger partial charge in [0.2, 0.25) is 0 Å².